The van der Waals surface area contributed by atoms with E-state index in [0.29, 0.717) is 11.5 Å². The van der Waals surface area contributed by atoms with Crippen molar-refractivity contribution in [3.63, 3.8) is 0 Å². The standard InChI is InChI=1S/C16H25N3/c1-11(17-10-15-2-3-18-19-15)16-7-12-4-13(8-16)6-14(5-12)9-16/h2-3,11-14,17H,4-10H2,1H3,(H,18,19). The second kappa shape index (κ2) is 4.34. The summed E-state index contributed by atoms with van der Waals surface area (Å²) in [6, 6.07) is 2.71. The van der Waals surface area contributed by atoms with Crippen LogP contribution in [0.4, 0.5) is 0 Å². The first kappa shape index (κ1) is 12.0. The summed E-state index contributed by atoms with van der Waals surface area (Å²) in [6.07, 6.45) is 10.9. The van der Waals surface area contributed by atoms with Crippen molar-refractivity contribution in [2.75, 3.05) is 0 Å². The molecule has 5 rings (SSSR count). The van der Waals surface area contributed by atoms with E-state index in [4.69, 9.17) is 0 Å². The van der Waals surface area contributed by atoms with Gasteiger partial charge in [-0.05, 0) is 74.7 Å². The van der Waals surface area contributed by atoms with Gasteiger partial charge in [0.05, 0.1) is 0 Å². The zero-order valence-electron chi connectivity index (χ0n) is 11.9. The van der Waals surface area contributed by atoms with Crippen LogP contribution in [0, 0.1) is 23.2 Å². The normalized spacial score (nSPS) is 41.6. The SMILES string of the molecule is CC(NCc1ccn[nH]1)C12CC3CC(CC(C3)C1)C2. The molecule has 2 N–H and O–H groups in total. The van der Waals surface area contributed by atoms with E-state index in [1.54, 1.807) is 0 Å². The lowest BCUT2D eigenvalue weighted by Gasteiger charge is -2.59. The summed E-state index contributed by atoms with van der Waals surface area (Å²) in [5, 5.41) is 10.9. The highest BCUT2D eigenvalue weighted by Crippen LogP contribution is 2.61. The van der Waals surface area contributed by atoms with Crippen molar-refractivity contribution in [3.8, 4) is 0 Å². The molecule has 0 saturated heterocycles. The first-order valence-corrected chi connectivity index (χ1v) is 7.95. The Kier molecular flexibility index (Phi) is 2.73. The number of aromatic nitrogens is 2. The Hall–Kier alpha value is -0.830. The van der Waals surface area contributed by atoms with Crippen molar-refractivity contribution >= 4 is 0 Å². The van der Waals surface area contributed by atoms with Crippen LogP contribution in [0.5, 0.6) is 0 Å². The summed E-state index contributed by atoms with van der Waals surface area (Å²) in [4.78, 5) is 0. The third-order valence-electron chi connectivity index (χ3n) is 6.16. The summed E-state index contributed by atoms with van der Waals surface area (Å²) >= 11 is 0. The van der Waals surface area contributed by atoms with Crippen molar-refractivity contribution < 1.29 is 0 Å². The fourth-order valence-corrected chi connectivity index (χ4v) is 5.57. The van der Waals surface area contributed by atoms with Crippen LogP contribution in [0.3, 0.4) is 0 Å². The molecule has 0 radical (unpaired) electrons. The molecule has 4 aliphatic rings. The Morgan fingerprint density at radius 1 is 1.26 bits per heavy atom. The Balaban J connectivity index is 1.45. The molecule has 0 aliphatic heterocycles. The number of rotatable bonds is 4. The van der Waals surface area contributed by atoms with Gasteiger partial charge in [-0.1, -0.05) is 0 Å². The molecule has 104 valence electrons. The van der Waals surface area contributed by atoms with Gasteiger partial charge in [0.25, 0.3) is 0 Å². The van der Waals surface area contributed by atoms with Crippen molar-refractivity contribution in [2.24, 2.45) is 23.2 Å². The number of H-pyrrole nitrogens is 1. The topological polar surface area (TPSA) is 40.7 Å². The van der Waals surface area contributed by atoms with Crippen LogP contribution in [0.2, 0.25) is 0 Å². The average Bonchev–Trinajstić information content (AvgIpc) is 2.87. The van der Waals surface area contributed by atoms with Gasteiger partial charge in [0.15, 0.2) is 0 Å². The zero-order valence-corrected chi connectivity index (χ0v) is 11.9. The largest absolute Gasteiger partial charge is 0.308 e. The maximum absolute atomic E-state index is 4.03. The fraction of sp³-hybridized carbons (Fsp3) is 0.812. The van der Waals surface area contributed by atoms with E-state index >= 15 is 0 Å². The smallest absolute Gasteiger partial charge is 0.0490 e. The molecule has 4 bridgehead atoms. The molecule has 0 amide bonds. The lowest BCUT2D eigenvalue weighted by molar-refractivity contribution is -0.0707. The van der Waals surface area contributed by atoms with Crippen molar-refractivity contribution in [2.45, 2.75) is 58.0 Å². The number of nitrogens with zero attached hydrogens (tertiary/aromatic N) is 1. The van der Waals surface area contributed by atoms with Crippen LogP contribution in [0.1, 0.15) is 51.1 Å². The molecule has 0 spiro atoms. The maximum Gasteiger partial charge on any atom is 0.0490 e. The molecule has 1 unspecified atom stereocenters. The predicted molar refractivity (Wildman–Crippen MR) is 75.5 cm³/mol. The molecule has 3 nitrogen and oxygen atoms in total. The van der Waals surface area contributed by atoms with E-state index < -0.39 is 0 Å². The maximum atomic E-state index is 4.03. The van der Waals surface area contributed by atoms with E-state index in [9.17, 15) is 0 Å². The van der Waals surface area contributed by atoms with Crippen LogP contribution in [-0.4, -0.2) is 16.2 Å². The highest BCUT2D eigenvalue weighted by molar-refractivity contribution is 5.06. The quantitative estimate of drug-likeness (QED) is 0.872. The molecule has 19 heavy (non-hydrogen) atoms. The van der Waals surface area contributed by atoms with Gasteiger partial charge in [-0.3, -0.25) is 5.10 Å². The molecule has 1 heterocycles. The summed E-state index contributed by atoms with van der Waals surface area (Å²) in [5.74, 6) is 3.13. The van der Waals surface area contributed by atoms with E-state index in [0.717, 1.165) is 24.3 Å². The first-order valence-electron chi connectivity index (χ1n) is 7.95. The molecule has 1 aromatic rings. The third-order valence-corrected chi connectivity index (χ3v) is 6.16. The zero-order chi connectivity index (χ0) is 12.9. The lowest BCUT2D eigenvalue weighted by atomic mass is 9.48. The van der Waals surface area contributed by atoms with Gasteiger partial charge in [-0.15, -0.1) is 0 Å². The third kappa shape index (κ3) is 2.03. The van der Waals surface area contributed by atoms with Crippen molar-refractivity contribution in [1.29, 1.82) is 0 Å². The number of hydrogen-bond acceptors (Lipinski definition) is 2. The highest BCUT2D eigenvalue weighted by Gasteiger charge is 2.52. The van der Waals surface area contributed by atoms with E-state index in [2.05, 4.69) is 28.5 Å². The lowest BCUT2D eigenvalue weighted by Crippen LogP contribution is -2.54. The molecule has 1 aromatic heterocycles. The van der Waals surface area contributed by atoms with Gasteiger partial charge in [-0.25, -0.2) is 0 Å². The molecular formula is C16H25N3. The number of hydrogen-bond donors (Lipinski definition) is 2. The van der Waals surface area contributed by atoms with Crippen LogP contribution < -0.4 is 5.32 Å². The highest BCUT2D eigenvalue weighted by atomic mass is 15.1. The van der Waals surface area contributed by atoms with Gasteiger partial charge in [0, 0.05) is 24.5 Å². The molecule has 3 heteroatoms. The van der Waals surface area contributed by atoms with Gasteiger partial charge >= 0.3 is 0 Å². The van der Waals surface area contributed by atoms with E-state index in [-0.39, 0.29) is 0 Å². The minimum Gasteiger partial charge on any atom is -0.308 e. The molecule has 4 aliphatic carbocycles. The van der Waals surface area contributed by atoms with Crippen molar-refractivity contribution in [3.05, 3.63) is 18.0 Å². The summed E-state index contributed by atoms with van der Waals surface area (Å²) in [5.41, 5.74) is 1.81. The Labute approximate surface area is 115 Å². The Bertz CT molecular complexity index is 402. The molecule has 4 fully saturated rings. The van der Waals surface area contributed by atoms with Crippen LogP contribution in [0.25, 0.3) is 0 Å². The molecular weight excluding hydrogens is 234 g/mol. The molecule has 4 saturated carbocycles. The molecule has 0 aromatic carbocycles. The monoisotopic (exact) mass is 259 g/mol. The van der Waals surface area contributed by atoms with E-state index in [1.807, 2.05) is 6.20 Å². The Morgan fingerprint density at radius 2 is 1.89 bits per heavy atom. The second-order valence-electron chi connectivity index (χ2n) is 7.46. The average molecular weight is 259 g/mol. The fourth-order valence-electron chi connectivity index (χ4n) is 5.57. The minimum atomic E-state index is 0.606. The summed E-state index contributed by atoms with van der Waals surface area (Å²) in [7, 11) is 0. The van der Waals surface area contributed by atoms with Crippen molar-refractivity contribution in [1.82, 2.24) is 15.5 Å². The molecule has 1 atom stereocenters. The number of nitrogens with one attached hydrogen (secondary N) is 2. The van der Waals surface area contributed by atoms with Gasteiger partial charge in [0.2, 0.25) is 0 Å². The summed E-state index contributed by atoms with van der Waals surface area (Å²) < 4.78 is 0. The predicted octanol–water partition coefficient (Wildman–Crippen LogP) is 3.10. The Morgan fingerprint density at radius 3 is 2.42 bits per heavy atom. The summed E-state index contributed by atoms with van der Waals surface area (Å²) in [6.45, 7) is 3.35. The van der Waals surface area contributed by atoms with Crippen LogP contribution in [-0.2, 0) is 6.54 Å². The van der Waals surface area contributed by atoms with Crippen LogP contribution in [0.15, 0.2) is 12.3 Å². The number of aromatic amines is 1. The first-order chi connectivity index (χ1) is 9.23. The van der Waals surface area contributed by atoms with Gasteiger partial charge in [0.1, 0.15) is 0 Å². The van der Waals surface area contributed by atoms with Gasteiger partial charge < -0.3 is 5.32 Å². The van der Waals surface area contributed by atoms with Crippen LogP contribution >= 0.6 is 0 Å². The van der Waals surface area contributed by atoms with Gasteiger partial charge in [-0.2, -0.15) is 5.10 Å². The minimum absolute atomic E-state index is 0.606. The van der Waals surface area contributed by atoms with E-state index in [1.165, 1.54) is 44.2 Å². The second-order valence-corrected chi connectivity index (χ2v) is 7.46.